The molecule has 1 unspecified atom stereocenters. The van der Waals surface area contributed by atoms with Crippen LogP contribution in [0, 0.1) is 0 Å². The Morgan fingerprint density at radius 2 is 2.32 bits per heavy atom. The summed E-state index contributed by atoms with van der Waals surface area (Å²) in [6, 6.07) is 3.20. The Labute approximate surface area is 111 Å². The van der Waals surface area contributed by atoms with E-state index in [4.69, 9.17) is 4.74 Å². The van der Waals surface area contributed by atoms with E-state index in [-0.39, 0.29) is 11.9 Å². The van der Waals surface area contributed by atoms with E-state index in [9.17, 15) is 4.79 Å². The number of nitrogens with one attached hydrogen (secondary N) is 2. The lowest BCUT2D eigenvalue weighted by molar-refractivity contribution is 0.0933. The van der Waals surface area contributed by atoms with Gasteiger partial charge in [0.25, 0.3) is 5.91 Å². The molecule has 0 saturated carbocycles. The Morgan fingerprint density at radius 1 is 1.47 bits per heavy atom. The fourth-order valence-electron chi connectivity index (χ4n) is 1.71. The Morgan fingerprint density at radius 3 is 2.84 bits per heavy atom. The SMILES string of the molecule is CCC(NC(=O)c1ccc(OC)nc1)c1ncc[nH]1. The highest BCUT2D eigenvalue weighted by Gasteiger charge is 2.16. The minimum absolute atomic E-state index is 0.135. The monoisotopic (exact) mass is 260 g/mol. The van der Waals surface area contributed by atoms with E-state index < -0.39 is 0 Å². The van der Waals surface area contributed by atoms with Gasteiger partial charge in [-0.1, -0.05) is 6.92 Å². The van der Waals surface area contributed by atoms with Gasteiger partial charge in [-0.15, -0.1) is 0 Å². The van der Waals surface area contributed by atoms with Gasteiger partial charge in [-0.2, -0.15) is 0 Å². The number of hydrogen-bond donors (Lipinski definition) is 2. The fourth-order valence-corrected chi connectivity index (χ4v) is 1.71. The Balaban J connectivity index is 2.06. The quantitative estimate of drug-likeness (QED) is 0.857. The maximum Gasteiger partial charge on any atom is 0.253 e. The summed E-state index contributed by atoms with van der Waals surface area (Å²) in [5, 5.41) is 2.91. The molecule has 6 nitrogen and oxygen atoms in total. The molecule has 0 bridgehead atoms. The number of nitrogens with zero attached hydrogens (tertiary/aromatic N) is 2. The molecule has 0 aliphatic heterocycles. The number of H-pyrrole nitrogens is 1. The van der Waals surface area contributed by atoms with Gasteiger partial charge in [-0.05, 0) is 12.5 Å². The maximum absolute atomic E-state index is 12.1. The van der Waals surface area contributed by atoms with Crippen molar-refractivity contribution in [1.29, 1.82) is 0 Å². The van der Waals surface area contributed by atoms with Crippen LogP contribution in [0.25, 0.3) is 0 Å². The first-order chi connectivity index (χ1) is 9.24. The van der Waals surface area contributed by atoms with Gasteiger partial charge in [0.05, 0.1) is 18.7 Å². The molecule has 0 saturated heterocycles. The lowest BCUT2D eigenvalue weighted by Gasteiger charge is -2.14. The lowest BCUT2D eigenvalue weighted by Crippen LogP contribution is -2.28. The van der Waals surface area contributed by atoms with Crippen LogP contribution >= 0.6 is 0 Å². The van der Waals surface area contributed by atoms with Gasteiger partial charge in [0.1, 0.15) is 5.82 Å². The molecule has 0 aromatic carbocycles. The van der Waals surface area contributed by atoms with E-state index in [1.165, 1.54) is 13.3 Å². The van der Waals surface area contributed by atoms with Crippen molar-refractivity contribution >= 4 is 5.91 Å². The molecule has 0 aliphatic carbocycles. The molecule has 19 heavy (non-hydrogen) atoms. The highest BCUT2D eigenvalue weighted by Crippen LogP contribution is 2.13. The van der Waals surface area contributed by atoms with E-state index in [0.29, 0.717) is 11.4 Å². The predicted octanol–water partition coefficient (Wildman–Crippen LogP) is 1.69. The molecule has 2 heterocycles. The first-order valence-electron chi connectivity index (χ1n) is 6.04. The molecule has 2 aromatic heterocycles. The molecule has 2 N–H and O–H groups in total. The van der Waals surface area contributed by atoms with E-state index in [0.717, 1.165) is 12.2 Å². The summed E-state index contributed by atoms with van der Waals surface area (Å²) in [4.78, 5) is 23.2. The molecule has 0 fully saturated rings. The van der Waals surface area contributed by atoms with E-state index in [1.807, 2.05) is 6.92 Å². The van der Waals surface area contributed by atoms with Gasteiger partial charge in [0.15, 0.2) is 0 Å². The number of hydrogen-bond acceptors (Lipinski definition) is 4. The third kappa shape index (κ3) is 3.09. The molecule has 100 valence electrons. The lowest BCUT2D eigenvalue weighted by atomic mass is 10.2. The number of carbonyl (C=O) groups excluding carboxylic acids is 1. The number of aromatic nitrogens is 3. The predicted molar refractivity (Wildman–Crippen MR) is 69.9 cm³/mol. The fraction of sp³-hybridized carbons (Fsp3) is 0.308. The molecule has 6 heteroatoms. The summed E-state index contributed by atoms with van der Waals surface area (Å²) in [7, 11) is 1.53. The molecule has 1 amide bonds. The van der Waals surface area contributed by atoms with Gasteiger partial charge in [-0.3, -0.25) is 4.79 Å². The van der Waals surface area contributed by atoms with Gasteiger partial charge < -0.3 is 15.0 Å². The van der Waals surface area contributed by atoms with Crippen LogP contribution in [0.2, 0.25) is 0 Å². The van der Waals surface area contributed by atoms with Crippen molar-refractivity contribution in [3.8, 4) is 5.88 Å². The third-order valence-electron chi connectivity index (χ3n) is 2.77. The van der Waals surface area contributed by atoms with Crippen molar-refractivity contribution in [1.82, 2.24) is 20.3 Å². The highest BCUT2D eigenvalue weighted by atomic mass is 16.5. The maximum atomic E-state index is 12.1. The van der Waals surface area contributed by atoms with Crippen LogP contribution in [0.15, 0.2) is 30.7 Å². The number of carbonyl (C=O) groups is 1. The summed E-state index contributed by atoms with van der Waals surface area (Å²) in [5.74, 6) is 1.05. The Bertz CT molecular complexity index is 522. The van der Waals surface area contributed by atoms with Crippen LogP contribution < -0.4 is 10.1 Å². The minimum atomic E-state index is -0.182. The number of ether oxygens (including phenoxy) is 1. The molecule has 2 aromatic rings. The largest absolute Gasteiger partial charge is 0.481 e. The van der Waals surface area contributed by atoms with E-state index in [1.54, 1.807) is 24.5 Å². The van der Waals surface area contributed by atoms with Crippen molar-refractivity contribution in [2.45, 2.75) is 19.4 Å². The second-order valence-electron chi connectivity index (χ2n) is 4.00. The van der Waals surface area contributed by atoms with Crippen LogP contribution in [0.4, 0.5) is 0 Å². The van der Waals surface area contributed by atoms with Crippen LogP contribution in [-0.2, 0) is 0 Å². The first kappa shape index (κ1) is 13.1. The molecular formula is C13H16N4O2. The van der Waals surface area contributed by atoms with Crippen LogP contribution in [-0.4, -0.2) is 28.0 Å². The number of imidazole rings is 1. The minimum Gasteiger partial charge on any atom is -0.481 e. The Hall–Kier alpha value is -2.37. The topological polar surface area (TPSA) is 79.9 Å². The molecule has 2 rings (SSSR count). The van der Waals surface area contributed by atoms with Crippen LogP contribution in [0.5, 0.6) is 5.88 Å². The van der Waals surface area contributed by atoms with Crippen molar-refractivity contribution in [3.63, 3.8) is 0 Å². The van der Waals surface area contributed by atoms with Crippen LogP contribution in [0.1, 0.15) is 35.6 Å². The molecule has 0 radical (unpaired) electrons. The van der Waals surface area contributed by atoms with Crippen molar-refractivity contribution in [2.75, 3.05) is 7.11 Å². The number of pyridine rings is 1. The zero-order valence-electron chi connectivity index (χ0n) is 10.9. The normalized spacial score (nSPS) is 11.9. The number of rotatable bonds is 5. The summed E-state index contributed by atoms with van der Waals surface area (Å²) < 4.78 is 4.95. The zero-order valence-corrected chi connectivity index (χ0v) is 10.9. The second-order valence-corrected chi connectivity index (χ2v) is 4.00. The standard InChI is InChI=1S/C13H16N4O2/c1-3-10(12-14-6-7-15-12)17-13(18)9-4-5-11(19-2)16-8-9/h4-8,10H,3H2,1-2H3,(H,14,15)(H,17,18). The summed E-state index contributed by atoms with van der Waals surface area (Å²) >= 11 is 0. The Kier molecular flexibility index (Phi) is 4.12. The summed E-state index contributed by atoms with van der Waals surface area (Å²) in [6.07, 6.45) is 5.64. The van der Waals surface area contributed by atoms with Gasteiger partial charge in [0.2, 0.25) is 5.88 Å². The number of methoxy groups -OCH3 is 1. The van der Waals surface area contributed by atoms with E-state index in [2.05, 4.69) is 20.3 Å². The second kappa shape index (κ2) is 5.99. The molecular weight excluding hydrogens is 244 g/mol. The molecule has 1 atom stereocenters. The third-order valence-corrected chi connectivity index (χ3v) is 2.77. The van der Waals surface area contributed by atoms with Crippen molar-refractivity contribution < 1.29 is 9.53 Å². The summed E-state index contributed by atoms with van der Waals surface area (Å²) in [5.41, 5.74) is 0.491. The average Bonchev–Trinajstić information content (AvgIpc) is 2.98. The van der Waals surface area contributed by atoms with Gasteiger partial charge in [-0.25, -0.2) is 9.97 Å². The van der Waals surface area contributed by atoms with E-state index >= 15 is 0 Å². The van der Waals surface area contributed by atoms with Crippen molar-refractivity contribution in [2.24, 2.45) is 0 Å². The molecule has 0 aliphatic rings. The number of amides is 1. The summed E-state index contributed by atoms with van der Waals surface area (Å²) in [6.45, 7) is 1.99. The van der Waals surface area contributed by atoms with Crippen molar-refractivity contribution in [3.05, 3.63) is 42.1 Å². The van der Waals surface area contributed by atoms with Gasteiger partial charge >= 0.3 is 0 Å². The first-order valence-corrected chi connectivity index (χ1v) is 6.04. The number of aromatic amines is 1. The van der Waals surface area contributed by atoms with Gasteiger partial charge in [0, 0.05) is 24.7 Å². The molecule has 0 spiro atoms. The van der Waals surface area contributed by atoms with Crippen LogP contribution in [0.3, 0.4) is 0 Å². The highest BCUT2D eigenvalue weighted by molar-refractivity contribution is 5.94. The smallest absolute Gasteiger partial charge is 0.253 e. The zero-order chi connectivity index (χ0) is 13.7. The average molecular weight is 260 g/mol.